The molecule has 1 heterocycles. The Morgan fingerprint density at radius 3 is 2.46 bits per heavy atom. The van der Waals surface area contributed by atoms with E-state index in [1.54, 1.807) is 16.8 Å². The number of alkyl halides is 3. The molecular weight excluding hydrogens is 350 g/mol. The van der Waals surface area contributed by atoms with Gasteiger partial charge in [0.15, 0.2) is 0 Å². The van der Waals surface area contributed by atoms with Crippen molar-refractivity contribution in [3.05, 3.63) is 35.1 Å². The van der Waals surface area contributed by atoms with Gasteiger partial charge in [-0.05, 0) is 30.8 Å². The van der Waals surface area contributed by atoms with Gasteiger partial charge >= 0.3 is 6.18 Å². The third-order valence-electron chi connectivity index (χ3n) is 3.61. The van der Waals surface area contributed by atoms with Gasteiger partial charge < -0.3 is 10.2 Å². The molecule has 24 heavy (non-hydrogen) atoms. The van der Waals surface area contributed by atoms with Crippen LogP contribution in [0.4, 0.5) is 17.6 Å². The smallest absolute Gasteiger partial charge is 0.339 e. The number of carbonyl (C=O) groups excluding carboxylic acids is 1. The normalized spacial score (nSPS) is 15.3. The largest absolute Gasteiger partial charge is 0.416 e. The molecule has 1 aromatic rings. The number of hydrogen-bond donors (Lipinski definition) is 1. The average Bonchev–Trinajstić information content (AvgIpc) is 2.46. The third kappa shape index (κ3) is 5.92. The standard InChI is InChI=1S/C15H19F4N3O.ClH/c1-21(10-14(23)22-4-2-20-3-5-22)9-11-6-12(15(17,18)19)8-13(16)7-11;/h6-8,20H,2-5,9-10H2,1H3;1H. The average molecular weight is 370 g/mol. The highest BCUT2D eigenvalue weighted by molar-refractivity contribution is 5.85. The molecule has 0 aliphatic carbocycles. The molecule has 0 atom stereocenters. The maximum absolute atomic E-state index is 13.4. The van der Waals surface area contributed by atoms with Crippen LogP contribution in [0.15, 0.2) is 18.2 Å². The molecule has 4 nitrogen and oxygen atoms in total. The van der Waals surface area contributed by atoms with Gasteiger partial charge in [-0.1, -0.05) is 0 Å². The predicted molar refractivity (Wildman–Crippen MR) is 84.4 cm³/mol. The van der Waals surface area contributed by atoms with Crippen LogP contribution in [0.25, 0.3) is 0 Å². The zero-order valence-electron chi connectivity index (χ0n) is 13.2. The zero-order chi connectivity index (χ0) is 17.0. The van der Waals surface area contributed by atoms with E-state index in [-0.39, 0.29) is 37.0 Å². The molecule has 136 valence electrons. The summed E-state index contributed by atoms with van der Waals surface area (Å²) >= 11 is 0. The number of amides is 1. The summed E-state index contributed by atoms with van der Waals surface area (Å²) in [6.07, 6.45) is -4.59. The van der Waals surface area contributed by atoms with Crippen LogP contribution in [0, 0.1) is 5.82 Å². The van der Waals surface area contributed by atoms with E-state index in [1.807, 2.05) is 0 Å². The van der Waals surface area contributed by atoms with Gasteiger partial charge in [-0.15, -0.1) is 12.4 Å². The highest BCUT2D eigenvalue weighted by Gasteiger charge is 2.31. The quantitative estimate of drug-likeness (QED) is 0.826. The van der Waals surface area contributed by atoms with E-state index in [4.69, 9.17) is 0 Å². The van der Waals surface area contributed by atoms with Crippen molar-refractivity contribution in [1.82, 2.24) is 15.1 Å². The molecule has 0 spiro atoms. The second-order valence-electron chi connectivity index (χ2n) is 5.65. The first kappa shape index (κ1) is 20.7. The third-order valence-corrected chi connectivity index (χ3v) is 3.61. The van der Waals surface area contributed by atoms with Crippen molar-refractivity contribution >= 4 is 18.3 Å². The minimum Gasteiger partial charge on any atom is -0.339 e. The van der Waals surface area contributed by atoms with Crippen molar-refractivity contribution in [2.45, 2.75) is 12.7 Å². The van der Waals surface area contributed by atoms with Gasteiger partial charge in [-0.3, -0.25) is 9.69 Å². The number of likely N-dealkylation sites (N-methyl/N-ethyl adjacent to an activating group) is 1. The van der Waals surface area contributed by atoms with Crippen LogP contribution in [0.1, 0.15) is 11.1 Å². The van der Waals surface area contributed by atoms with E-state index in [0.29, 0.717) is 19.2 Å². The molecule has 1 aromatic carbocycles. The van der Waals surface area contributed by atoms with Crippen molar-refractivity contribution in [3.63, 3.8) is 0 Å². The molecule has 1 saturated heterocycles. The highest BCUT2D eigenvalue weighted by Crippen LogP contribution is 2.30. The first-order valence-corrected chi connectivity index (χ1v) is 7.29. The number of carbonyl (C=O) groups is 1. The fourth-order valence-corrected chi connectivity index (χ4v) is 2.52. The Labute approximate surface area is 144 Å². The Morgan fingerprint density at radius 1 is 1.25 bits per heavy atom. The lowest BCUT2D eigenvalue weighted by Gasteiger charge is -2.29. The van der Waals surface area contributed by atoms with E-state index in [1.165, 1.54) is 0 Å². The van der Waals surface area contributed by atoms with Crippen LogP contribution in [0.2, 0.25) is 0 Å². The summed E-state index contributed by atoms with van der Waals surface area (Å²) < 4.78 is 51.4. The minimum atomic E-state index is -4.59. The molecule has 1 N–H and O–H groups in total. The van der Waals surface area contributed by atoms with E-state index < -0.39 is 17.6 Å². The minimum absolute atomic E-state index is 0. The zero-order valence-corrected chi connectivity index (χ0v) is 14.0. The van der Waals surface area contributed by atoms with Crippen LogP contribution < -0.4 is 5.32 Å². The van der Waals surface area contributed by atoms with Crippen molar-refractivity contribution in [2.75, 3.05) is 39.8 Å². The number of nitrogens with one attached hydrogen (secondary N) is 1. The number of piperazine rings is 1. The molecule has 1 fully saturated rings. The second-order valence-corrected chi connectivity index (χ2v) is 5.65. The highest BCUT2D eigenvalue weighted by atomic mass is 35.5. The summed E-state index contributed by atoms with van der Waals surface area (Å²) in [6.45, 7) is 2.84. The summed E-state index contributed by atoms with van der Waals surface area (Å²) in [6, 6.07) is 2.44. The molecule has 0 radical (unpaired) electrons. The van der Waals surface area contributed by atoms with Crippen LogP contribution in [-0.2, 0) is 17.5 Å². The van der Waals surface area contributed by atoms with Crippen molar-refractivity contribution in [2.24, 2.45) is 0 Å². The van der Waals surface area contributed by atoms with Gasteiger partial charge in [0, 0.05) is 32.7 Å². The SMILES string of the molecule is CN(CC(=O)N1CCNCC1)Cc1cc(F)cc(C(F)(F)F)c1.Cl. The molecule has 2 rings (SSSR count). The fraction of sp³-hybridized carbons (Fsp3) is 0.533. The summed E-state index contributed by atoms with van der Waals surface area (Å²) in [4.78, 5) is 15.4. The monoisotopic (exact) mass is 369 g/mol. The van der Waals surface area contributed by atoms with E-state index in [9.17, 15) is 22.4 Å². The molecule has 1 aliphatic rings. The van der Waals surface area contributed by atoms with Crippen LogP contribution in [0.3, 0.4) is 0 Å². The Kier molecular flexibility index (Phi) is 7.44. The molecule has 9 heteroatoms. The Morgan fingerprint density at radius 2 is 1.88 bits per heavy atom. The van der Waals surface area contributed by atoms with Crippen molar-refractivity contribution in [3.8, 4) is 0 Å². The van der Waals surface area contributed by atoms with Crippen molar-refractivity contribution in [1.29, 1.82) is 0 Å². The topological polar surface area (TPSA) is 35.6 Å². The number of benzene rings is 1. The lowest BCUT2D eigenvalue weighted by Crippen LogP contribution is -2.49. The number of halogens is 5. The lowest BCUT2D eigenvalue weighted by molar-refractivity contribution is -0.138. The maximum atomic E-state index is 13.4. The van der Waals surface area contributed by atoms with Gasteiger partial charge in [-0.2, -0.15) is 13.2 Å². The maximum Gasteiger partial charge on any atom is 0.416 e. The Hall–Kier alpha value is -1.38. The number of hydrogen-bond acceptors (Lipinski definition) is 3. The molecule has 0 bridgehead atoms. The Balaban J connectivity index is 0.00000288. The Bertz CT molecular complexity index is 562. The lowest BCUT2D eigenvalue weighted by atomic mass is 10.1. The molecule has 0 unspecified atom stereocenters. The summed E-state index contributed by atoms with van der Waals surface area (Å²) in [5.74, 6) is -1.02. The van der Waals surface area contributed by atoms with Gasteiger partial charge in [0.25, 0.3) is 0 Å². The molecule has 0 saturated carbocycles. The van der Waals surface area contributed by atoms with Crippen molar-refractivity contribution < 1.29 is 22.4 Å². The molecule has 1 amide bonds. The molecular formula is C15H20ClF4N3O. The first-order chi connectivity index (χ1) is 10.8. The van der Waals surface area contributed by atoms with Crippen LogP contribution in [0.5, 0.6) is 0 Å². The molecule has 0 aromatic heterocycles. The summed E-state index contributed by atoms with van der Waals surface area (Å²) in [7, 11) is 1.62. The number of nitrogens with zero attached hydrogens (tertiary/aromatic N) is 2. The van der Waals surface area contributed by atoms with Crippen LogP contribution in [-0.4, -0.2) is 55.5 Å². The van der Waals surface area contributed by atoms with E-state index >= 15 is 0 Å². The van der Waals surface area contributed by atoms with E-state index in [0.717, 1.165) is 25.2 Å². The molecule has 1 aliphatic heterocycles. The van der Waals surface area contributed by atoms with Gasteiger partial charge in [0.1, 0.15) is 5.82 Å². The van der Waals surface area contributed by atoms with Gasteiger partial charge in [0.2, 0.25) is 5.91 Å². The van der Waals surface area contributed by atoms with E-state index in [2.05, 4.69) is 5.32 Å². The summed E-state index contributed by atoms with van der Waals surface area (Å²) in [5, 5.41) is 3.13. The summed E-state index contributed by atoms with van der Waals surface area (Å²) in [5.41, 5.74) is -0.831. The van der Waals surface area contributed by atoms with Gasteiger partial charge in [-0.25, -0.2) is 4.39 Å². The number of rotatable bonds is 4. The first-order valence-electron chi connectivity index (χ1n) is 7.29. The van der Waals surface area contributed by atoms with Crippen LogP contribution >= 0.6 is 12.4 Å². The predicted octanol–water partition coefficient (Wildman–Crippen LogP) is 2.13. The van der Waals surface area contributed by atoms with Gasteiger partial charge in [0.05, 0.1) is 12.1 Å². The fourth-order valence-electron chi connectivity index (χ4n) is 2.52. The second kappa shape index (κ2) is 8.64.